The number of rotatable bonds is 1. The van der Waals surface area contributed by atoms with Crippen LogP contribution in [-0.4, -0.2) is 34.8 Å². The van der Waals surface area contributed by atoms with E-state index in [1.165, 1.54) is 0 Å². The third-order valence-electron chi connectivity index (χ3n) is 3.04. The fourth-order valence-electron chi connectivity index (χ4n) is 2.12. The molecule has 2 heterocycles. The van der Waals surface area contributed by atoms with Gasteiger partial charge in [0, 0.05) is 19.3 Å². The molecule has 1 saturated heterocycles. The number of carbonyl (C=O) groups is 2. The molecule has 96 valence electrons. The lowest BCUT2D eigenvalue weighted by molar-refractivity contribution is -0.144. The average Bonchev–Trinajstić information content (AvgIpc) is 2.39. The van der Waals surface area contributed by atoms with Crippen molar-refractivity contribution in [2.24, 2.45) is 5.92 Å². The normalized spacial score (nSPS) is 19.4. The average molecular weight is 247 g/mol. The van der Waals surface area contributed by atoms with Gasteiger partial charge in [-0.05, 0) is 30.9 Å². The molecular formula is C13H17N3O2. The molecule has 1 aliphatic rings. The van der Waals surface area contributed by atoms with Crippen LogP contribution in [0.2, 0.25) is 0 Å². The first-order valence-corrected chi connectivity index (χ1v) is 6.18. The molecule has 1 fully saturated rings. The Morgan fingerprint density at radius 2 is 2.28 bits per heavy atom. The largest absolute Gasteiger partial charge is 0.334 e. The predicted molar refractivity (Wildman–Crippen MR) is 67.8 cm³/mol. The molecule has 0 aliphatic carbocycles. The first kappa shape index (κ1) is 12.5. The summed E-state index contributed by atoms with van der Waals surface area (Å²) in [5, 5.41) is 2.51. The molecule has 1 aromatic heterocycles. The second-order valence-corrected chi connectivity index (χ2v) is 4.67. The molecule has 1 aromatic rings. The summed E-state index contributed by atoms with van der Waals surface area (Å²) < 4.78 is 0. The van der Waals surface area contributed by atoms with Crippen molar-refractivity contribution >= 4 is 17.6 Å². The summed E-state index contributed by atoms with van der Waals surface area (Å²) >= 11 is 0. The number of likely N-dealkylation sites (tertiary alicyclic amines) is 1. The Kier molecular flexibility index (Phi) is 3.92. The van der Waals surface area contributed by atoms with Gasteiger partial charge in [-0.2, -0.15) is 0 Å². The van der Waals surface area contributed by atoms with Crippen molar-refractivity contribution < 1.29 is 9.59 Å². The van der Waals surface area contributed by atoms with Gasteiger partial charge in [0.15, 0.2) is 0 Å². The topological polar surface area (TPSA) is 62.3 Å². The van der Waals surface area contributed by atoms with Gasteiger partial charge < -0.3 is 10.2 Å². The number of anilines is 1. The molecule has 2 amide bonds. The quantitative estimate of drug-likeness (QED) is 0.760. The summed E-state index contributed by atoms with van der Waals surface area (Å²) in [5.41, 5.74) is 0. The van der Waals surface area contributed by atoms with Crippen LogP contribution in [0, 0.1) is 5.92 Å². The number of hydrogen-bond acceptors (Lipinski definition) is 3. The molecule has 5 nitrogen and oxygen atoms in total. The minimum atomic E-state index is -0.609. The third kappa shape index (κ3) is 3.06. The maximum atomic E-state index is 11.9. The van der Waals surface area contributed by atoms with Gasteiger partial charge >= 0.3 is 11.8 Å². The SMILES string of the molecule is CC1CCCN(C(=O)C(=O)Nc2ccccn2)C1. The van der Waals surface area contributed by atoms with Crippen molar-refractivity contribution in [3.05, 3.63) is 24.4 Å². The molecule has 0 radical (unpaired) electrons. The van der Waals surface area contributed by atoms with E-state index in [9.17, 15) is 9.59 Å². The van der Waals surface area contributed by atoms with Crippen molar-refractivity contribution in [1.29, 1.82) is 0 Å². The van der Waals surface area contributed by atoms with E-state index in [0.717, 1.165) is 12.8 Å². The van der Waals surface area contributed by atoms with E-state index in [4.69, 9.17) is 0 Å². The standard InChI is InChI=1S/C13H17N3O2/c1-10-5-4-8-16(9-10)13(18)12(17)15-11-6-2-3-7-14-11/h2-3,6-7,10H,4-5,8-9H2,1H3,(H,14,15,17). The predicted octanol–water partition coefficient (Wildman–Crippen LogP) is 1.28. The van der Waals surface area contributed by atoms with Gasteiger partial charge in [0.2, 0.25) is 0 Å². The van der Waals surface area contributed by atoms with Crippen molar-refractivity contribution in [2.75, 3.05) is 18.4 Å². The van der Waals surface area contributed by atoms with E-state index in [2.05, 4.69) is 17.2 Å². The number of hydrogen-bond donors (Lipinski definition) is 1. The molecule has 0 bridgehead atoms. The van der Waals surface area contributed by atoms with Gasteiger partial charge in [0.25, 0.3) is 0 Å². The number of carbonyl (C=O) groups excluding carboxylic acids is 2. The van der Waals surface area contributed by atoms with Gasteiger partial charge in [-0.25, -0.2) is 4.98 Å². The molecule has 1 unspecified atom stereocenters. The molecule has 1 aliphatic heterocycles. The van der Waals surface area contributed by atoms with Crippen LogP contribution >= 0.6 is 0 Å². The van der Waals surface area contributed by atoms with E-state index in [0.29, 0.717) is 24.8 Å². The van der Waals surface area contributed by atoms with Crippen molar-refractivity contribution in [2.45, 2.75) is 19.8 Å². The lowest BCUT2D eigenvalue weighted by atomic mass is 10.0. The first-order chi connectivity index (χ1) is 8.66. The fraction of sp³-hybridized carbons (Fsp3) is 0.462. The second kappa shape index (κ2) is 5.62. The zero-order valence-corrected chi connectivity index (χ0v) is 10.4. The zero-order chi connectivity index (χ0) is 13.0. The van der Waals surface area contributed by atoms with E-state index >= 15 is 0 Å². The number of aromatic nitrogens is 1. The molecule has 2 rings (SSSR count). The van der Waals surface area contributed by atoms with Crippen LogP contribution in [0.15, 0.2) is 24.4 Å². The van der Waals surface area contributed by atoms with Gasteiger partial charge in [0.05, 0.1) is 0 Å². The van der Waals surface area contributed by atoms with Crippen LogP contribution in [0.4, 0.5) is 5.82 Å². The lowest BCUT2D eigenvalue weighted by Crippen LogP contribution is -2.44. The Hall–Kier alpha value is -1.91. The Balaban J connectivity index is 1.94. The van der Waals surface area contributed by atoms with Crippen molar-refractivity contribution in [3.8, 4) is 0 Å². The Bertz CT molecular complexity index is 433. The number of nitrogens with zero attached hydrogens (tertiary/aromatic N) is 2. The molecular weight excluding hydrogens is 230 g/mol. The van der Waals surface area contributed by atoms with Gasteiger partial charge in [-0.3, -0.25) is 9.59 Å². The number of amides is 2. The summed E-state index contributed by atoms with van der Waals surface area (Å²) in [6.45, 7) is 3.42. The van der Waals surface area contributed by atoms with E-state index in [-0.39, 0.29) is 0 Å². The molecule has 1 atom stereocenters. The van der Waals surface area contributed by atoms with E-state index in [1.54, 1.807) is 29.3 Å². The van der Waals surface area contributed by atoms with Crippen LogP contribution in [0.1, 0.15) is 19.8 Å². The minimum absolute atomic E-state index is 0.404. The maximum Gasteiger partial charge on any atom is 0.315 e. The molecule has 18 heavy (non-hydrogen) atoms. The Morgan fingerprint density at radius 1 is 1.44 bits per heavy atom. The van der Waals surface area contributed by atoms with E-state index in [1.807, 2.05) is 0 Å². The number of pyridine rings is 1. The van der Waals surface area contributed by atoms with Gasteiger partial charge in [-0.1, -0.05) is 13.0 Å². The molecule has 1 N–H and O–H groups in total. The number of piperidine rings is 1. The molecule has 0 spiro atoms. The van der Waals surface area contributed by atoms with Crippen LogP contribution in [0.5, 0.6) is 0 Å². The van der Waals surface area contributed by atoms with Crippen LogP contribution in [-0.2, 0) is 9.59 Å². The molecule has 5 heteroatoms. The maximum absolute atomic E-state index is 11.9. The monoisotopic (exact) mass is 247 g/mol. The van der Waals surface area contributed by atoms with Crippen molar-refractivity contribution in [3.63, 3.8) is 0 Å². The van der Waals surface area contributed by atoms with Gasteiger partial charge in [0.1, 0.15) is 5.82 Å². The lowest BCUT2D eigenvalue weighted by Gasteiger charge is -2.30. The second-order valence-electron chi connectivity index (χ2n) is 4.67. The highest BCUT2D eigenvalue weighted by atomic mass is 16.2. The highest BCUT2D eigenvalue weighted by Crippen LogP contribution is 2.15. The van der Waals surface area contributed by atoms with Gasteiger partial charge in [-0.15, -0.1) is 0 Å². The highest BCUT2D eigenvalue weighted by molar-refractivity contribution is 6.39. The smallest absolute Gasteiger partial charge is 0.315 e. The Labute approximate surface area is 106 Å². The Morgan fingerprint density at radius 3 is 2.94 bits per heavy atom. The van der Waals surface area contributed by atoms with E-state index < -0.39 is 11.8 Å². The molecule has 0 aromatic carbocycles. The van der Waals surface area contributed by atoms with Crippen molar-refractivity contribution in [1.82, 2.24) is 9.88 Å². The summed E-state index contributed by atoms with van der Waals surface area (Å²) in [6, 6.07) is 5.17. The van der Waals surface area contributed by atoms with Crippen LogP contribution in [0.25, 0.3) is 0 Å². The zero-order valence-electron chi connectivity index (χ0n) is 10.4. The summed E-state index contributed by atoms with van der Waals surface area (Å²) in [5.74, 6) is -0.207. The van der Waals surface area contributed by atoms with Crippen LogP contribution in [0.3, 0.4) is 0 Å². The summed E-state index contributed by atoms with van der Waals surface area (Å²) in [7, 11) is 0. The summed E-state index contributed by atoms with van der Waals surface area (Å²) in [6.07, 6.45) is 3.65. The first-order valence-electron chi connectivity index (χ1n) is 6.18. The fourth-order valence-corrected chi connectivity index (χ4v) is 2.12. The molecule has 0 saturated carbocycles. The van der Waals surface area contributed by atoms with Crippen LogP contribution < -0.4 is 5.32 Å². The third-order valence-corrected chi connectivity index (χ3v) is 3.04. The summed E-state index contributed by atoms with van der Waals surface area (Å²) in [4.78, 5) is 29.3. The minimum Gasteiger partial charge on any atom is -0.334 e. The number of nitrogens with one attached hydrogen (secondary N) is 1. The highest BCUT2D eigenvalue weighted by Gasteiger charge is 2.26.